The van der Waals surface area contributed by atoms with Gasteiger partial charge in [-0.15, -0.1) is 0 Å². The number of likely N-dealkylation sites (tertiary alicyclic amines) is 1. The lowest BCUT2D eigenvalue weighted by atomic mass is 9.66. The molecule has 1 unspecified atom stereocenters. The van der Waals surface area contributed by atoms with Gasteiger partial charge in [-0.05, 0) is 30.9 Å². The van der Waals surface area contributed by atoms with Crippen LogP contribution in [-0.4, -0.2) is 38.7 Å². The number of nitrogens with zero attached hydrogens (tertiary/aromatic N) is 2. The van der Waals surface area contributed by atoms with Gasteiger partial charge in [0.05, 0.1) is 5.60 Å². The molecule has 126 valence electrons. The van der Waals surface area contributed by atoms with E-state index in [2.05, 4.69) is 10.2 Å². The molecule has 3 atom stereocenters. The number of carbonyl (C=O) groups is 1. The van der Waals surface area contributed by atoms with E-state index in [1.54, 1.807) is 12.3 Å². The molecule has 0 bridgehead atoms. The number of aromatic amines is 1. The Hall–Kier alpha value is -2.14. The molecule has 24 heavy (non-hydrogen) atoms. The highest BCUT2D eigenvalue weighted by Crippen LogP contribution is 2.47. The van der Waals surface area contributed by atoms with Gasteiger partial charge in [-0.25, -0.2) is 0 Å². The fourth-order valence-electron chi connectivity index (χ4n) is 4.55. The molecule has 0 radical (unpaired) electrons. The molecule has 1 aromatic carbocycles. The SMILES string of the molecule is O=C(c1ccn[nH]1)N1CCC(O)(c2ccccc2)[C@H]2CCCC[C@H]21. The topological polar surface area (TPSA) is 69.2 Å². The van der Waals surface area contributed by atoms with Crippen LogP contribution in [0.5, 0.6) is 0 Å². The zero-order valence-corrected chi connectivity index (χ0v) is 13.7. The predicted octanol–water partition coefficient (Wildman–Crippen LogP) is 2.70. The van der Waals surface area contributed by atoms with Crippen LogP contribution in [0, 0.1) is 5.92 Å². The monoisotopic (exact) mass is 325 g/mol. The zero-order chi connectivity index (χ0) is 16.6. The quantitative estimate of drug-likeness (QED) is 0.892. The van der Waals surface area contributed by atoms with E-state index in [4.69, 9.17) is 0 Å². The maximum atomic E-state index is 12.8. The van der Waals surface area contributed by atoms with Crippen LogP contribution in [0.15, 0.2) is 42.6 Å². The molecular formula is C19H23N3O2. The summed E-state index contributed by atoms with van der Waals surface area (Å²) in [5, 5.41) is 18.2. The Morgan fingerprint density at radius 2 is 2.00 bits per heavy atom. The Bertz CT molecular complexity index is 701. The van der Waals surface area contributed by atoms with Crippen molar-refractivity contribution in [1.82, 2.24) is 15.1 Å². The van der Waals surface area contributed by atoms with Crippen LogP contribution in [0.4, 0.5) is 0 Å². The first kappa shape index (κ1) is 15.4. The standard InChI is InChI=1S/C19H23N3O2/c23-18(16-10-12-20-21-16)22-13-11-19(24,14-6-2-1-3-7-14)15-8-4-5-9-17(15)22/h1-3,6-7,10,12,15,17,24H,4-5,8-9,11,13H2,(H,20,21)/t15-,17+,19?/m0/s1. The van der Waals surface area contributed by atoms with E-state index in [1.165, 1.54) is 0 Å². The van der Waals surface area contributed by atoms with E-state index in [-0.39, 0.29) is 17.9 Å². The Morgan fingerprint density at radius 3 is 2.75 bits per heavy atom. The van der Waals surface area contributed by atoms with Gasteiger partial charge >= 0.3 is 0 Å². The molecule has 2 aromatic rings. The number of rotatable bonds is 2. The van der Waals surface area contributed by atoms with Crippen LogP contribution >= 0.6 is 0 Å². The third-order valence-corrected chi connectivity index (χ3v) is 5.74. The number of aromatic nitrogens is 2. The summed E-state index contributed by atoms with van der Waals surface area (Å²) in [6.45, 7) is 0.574. The second kappa shape index (κ2) is 6.06. The average Bonchev–Trinajstić information content (AvgIpc) is 3.17. The van der Waals surface area contributed by atoms with Crippen molar-refractivity contribution in [1.29, 1.82) is 0 Å². The van der Waals surface area contributed by atoms with Crippen molar-refractivity contribution >= 4 is 5.91 Å². The van der Waals surface area contributed by atoms with Gasteiger partial charge in [0.1, 0.15) is 5.69 Å². The number of carbonyl (C=O) groups excluding carboxylic acids is 1. The maximum absolute atomic E-state index is 12.8. The van der Waals surface area contributed by atoms with Crippen molar-refractivity contribution < 1.29 is 9.90 Å². The largest absolute Gasteiger partial charge is 0.385 e. The number of hydrogen-bond acceptors (Lipinski definition) is 3. The number of hydrogen-bond donors (Lipinski definition) is 2. The molecule has 1 aliphatic carbocycles. The van der Waals surface area contributed by atoms with Crippen LogP contribution in [0.1, 0.15) is 48.2 Å². The van der Waals surface area contributed by atoms with Crippen molar-refractivity contribution in [3.8, 4) is 0 Å². The van der Waals surface area contributed by atoms with Gasteiger partial charge in [-0.2, -0.15) is 5.10 Å². The van der Waals surface area contributed by atoms with Gasteiger partial charge in [0, 0.05) is 24.7 Å². The van der Waals surface area contributed by atoms with Crippen LogP contribution in [-0.2, 0) is 5.60 Å². The van der Waals surface area contributed by atoms with E-state index < -0.39 is 5.60 Å². The summed E-state index contributed by atoms with van der Waals surface area (Å²) < 4.78 is 0. The highest BCUT2D eigenvalue weighted by Gasteiger charge is 2.50. The van der Waals surface area contributed by atoms with E-state index in [1.807, 2.05) is 35.2 Å². The van der Waals surface area contributed by atoms with Gasteiger partial charge < -0.3 is 10.0 Å². The molecule has 2 aliphatic rings. The Morgan fingerprint density at radius 1 is 1.21 bits per heavy atom. The summed E-state index contributed by atoms with van der Waals surface area (Å²) >= 11 is 0. The lowest BCUT2D eigenvalue weighted by Gasteiger charge is -2.52. The number of amides is 1. The van der Waals surface area contributed by atoms with Gasteiger partial charge in [-0.1, -0.05) is 43.2 Å². The van der Waals surface area contributed by atoms with Gasteiger partial charge in [0.15, 0.2) is 0 Å². The maximum Gasteiger partial charge on any atom is 0.272 e. The fourth-order valence-corrected chi connectivity index (χ4v) is 4.55. The molecular weight excluding hydrogens is 302 g/mol. The molecule has 2 N–H and O–H groups in total. The van der Waals surface area contributed by atoms with Crippen molar-refractivity contribution in [2.24, 2.45) is 5.92 Å². The predicted molar refractivity (Wildman–Crippen MR) is 90.3 cm³/mol. The summed E-state index contributed by atoms with van der Waals surface area (Å²) in [6, 6.07) is 11.8. The third kappa shape index (κ3) is 2.44. The minimum absolute atomic E-state index is 0.000452. The molecule has 0 spiro atoms. The second-order valence-electron chi connectivity index (χ2n) is 6.97. The summed E-state index contributed by atoms with van der Waals surface area (Å²) in [5.41, 5.74) is 0.678. The molecule has 1 aromatic heterocycles. The van der Waals surface area contributed by atoms with E-state index in [0.29, 0.717) is 18.7 Å². The molecule has 5 heteroatoms. The zero-order valence-electron chi connectivity index (χ0n) is 13.7. The summed E-state index contributed by atoms with van der Waals surface area (Å²) in [5.74, 6) is 0.0915. The molecule has 1 amide bonds. The lowest BCUT2D eigenvalue weighted by Crippen LogP contribution is -2.59. The highest BCUT2D eigenvalue weighted by atomic mass is 16.3. The van der Waals surface area contributed by atoms with E-state index in [0.717, 1.165) is 31.2 Å². The molecule has 4 rings (SSSR count). The number of fused-ring (bicyclic) bond motifs is 1. The normalized spacial score (nSPS) is 30.0. The Kier molecular flexibility index (Phi) is 3.88. The highest BCUT2D eigenvalue weighted by molar-refractivity contribution is 5.92. The minimum Gasteiger partial charge on any atom is -0.385 e. The summed E-state index contributed by atoms with van der Waals surface area (Å²) in [4.78, 5) is 14.8. The molecule has 1 saturated carbocycles. The minimum atomic E-state index is -0.836. The fraction of sp³-hybridized carbons (Fsp3) is 0.474. The van der Waals surface area contributed by atoms with Crippen LogP contribution in [0.2, 0.25) is 0 Å². The van der Waals surface area contributed by atoms with Crippen molar-refractivity contribution in [3.63, 3.8) is 0 Å². The third-order valence-electron chi connectivity index (χ3n) is 5.74. The number of benzene rings is 1. The van der Waals surface area contributed by atoms with Crippen LogP contribution in [0.3, 0.4) is 0 Å². The van der Waals surface area contributed by atoms with Crippen LogP contribution in [0.25, 0.3) is 0 Å². The van der Waals surface area contributed by atoms with Gasteiger partial charge in [-0.3, -0.25) is 9.89 Å². The molecule has 5 nitrogen and oxygen atoms in total. The number of piperidine rings is 1. The number of H-pyrrole nitrogens is 1. The Balaban J connectivity index is 1.66. The first-order chi connectivity index (χ1) is 11.7. The Labute approximate surface area is 141 Å². The van der Waals surface area contributed by atoms with Crippen molar-refractivity contribution in [2.75, 3.05) is 6.54 Å². The van der Waals surface area contributed by atoms with Gasteiger partial charge in [0.2, 0.25) is 0 Å². The van der Waals surface area contributed by atoms with E-state index in [9.17, 15) is 9.90 Å². The van der Waals surface area contributed by atoms with Crippen LogP contribution < -0.4 is 0 Å². The lowest BCUT2D eigenvalue weighted by molar-refractivity contribution is -0.110. The molecule has 2 fully saturated rings. The van der Waals surface area contributed by atoms with Gasteiger partial charge in [0.25, 0.3) is 5.91 Å². The number of aliphatic hydroxyl groups is 1. The smallest absolute Gasteiger partial charge is 0.272 e. The summed E-state index contributed by atoms with van der Waals surface area (Å²) in [7, 11) is 0. The first-order valence-electron chi connectivity index (χ1n) is 8.78. The second-order valence-corrected chi connectivity index (χ2v) is 6.97. The summed E-state index contributed by atoms with van der Waals surface area (Å²) in [6.07, 6.45) is 6.33. The molecule has 1 aliphatic heterocycles. The first-order valence-corrected chi connectivity index (χ1v) is 8.78. The van der Waals surface area contributed by atoms with Crippen molar-refractivity contribution in [2.45, 2.75) is 43.7 Å². The molecule has 2 heterocycles. The van der Waals surface area contributed by atoms with Crippen molar-refractivity contribution in [3.05, 3.63) is 53.9 Å². The molecule has 1 saturated heterocycles. The van der Waals surface area contributed by atoms with E-state index >= 15 is 0 Å². The number of nitrogens with one attached hydrogen (secondary N) is 1. The average molecular weight is 325 g/mol.